The van der Waals surface area contributed by atoms with E-state index in [-0.39, 0.29) is 36.4 Å². The van der Waals surface area contributed by atoms with E-state index in [0.717, 1.165) is 27.6 Å². The van der Waals surface area contributed by atoms with E-state index in [1.165, 1.54) is 0 Å². The van der Waals surface area contributed by atoms with Gasteiger partial charge in [-0.25, -0.2) is 0 Å². The van der Waals surface area contributed by atoms with Crippen LogP contribution >= 0.6 is 15.9 Å². The second-order valence-electron chi connectivity index (χ2n) is 10.7. The molecule has 0 spiro atoms. The van der Waals surface area contributed by atoms with Crippen molar-refractivity contribution in [3.63, 3.8) is 0 Å². The highest BCUT2D eigenvalue weighted by atomic mass is 79.9. The Morgan fingerprint density at radius 2 is 1.61 bits per heavy atom. The molecule has 5 nitrogen and oxygen atoms in total. The highest BCUT2D eigenvalue weighted by Crippen LogP contribution is 2.31. The summed E-state index contributed by atoms with van der Waals surface area (Å²) in [7, 11) is 0. The summed E-state index contributed by atoms with van der Waals surface area (Å²) in [6, 6.07) is 24.7. The summed E-state index contributed by atoms with van der Waals surface area (Å²) in [5, 5.41) is 3.10. The third kappa shape index (κ3) is 8.45. The standard InChI is InChI=1S/C32H39BrN2O3/c1-6-23(2)34-31(37)28(20-24-13-8-7-9-14-24)35(21-25-15-12-16-26(33)19-25)30(36)22-38-29-18-11-10-17-27(29)32(3,4)5/h7-19,23,28H,6,20-22H2,1-5H3,(H,34,37)/t23-,28+/m1/s1. The second-order valence-corrected chi connectivity index (χ2v) is 11.6. The van der Waals surface area contributed by atoms with Crippen LogP contribution in [0.1, 0.15) is 57.7 Å². The lowest BCUT2D eigenvalue weighted by Crippen LogP contribution is -2.53. The molecule has 6 heteroatoms. The topological polar surface area (TPSA) is 58.6 Å². The maximum Gasteiger partial charge on any atom is 0.261 e. The van der Waals surface area contributed by atoms with E-state index in [2.05, 4.69) is 42.0 Å². The molecule has 0 aliphatic carbocycles. The number of nitrogens with zero attached hydrogens (tertiary/aromatic N) is 1. The molecule has 0 radical (unpaired) electrons. The zero-order valence-corrected chi connectivity index (χ0v) is 24.6. The average Bonchev–Trinajstić information content (AvgIpc) is 2.89. The maximum atomic E-state index is 13.9. The summed E-state index contributed by atoms with van der Waals surface area (Å²) < 4.78 is 7.04. The fraction of sp³-hybridized carbons (Fsp3) is 0.375. The first kappa shape index (κ1) is 29.4. The van der Waals surface area contributed by atoms with Gasteiger partial charge in [-0.2, -0.15) is 0 Å². The van der Waals surface area contributed by atoms with Gasteiger partial charge >= 0.3 is 0 Å². The number of carbonyl (C=O) groups excluding carboxylic acids is 2. The quantitative estimate of drug-likeness (QED) is 0.276. The van der Waals surface area contributed by atoms with Crippen molar-refractivity contribution in [1.29, 1.82) is 0 Å². The molecule has 0 saturated carbocycles. The Morgan fingerprint density at radius 3 is 2.26 bits per heavy atom. The van der Waals surface area contributed by atoms with Crippen molar-refractivity contribution in [1.82, 2.24) is 10.2 Å². The summed E-state index contributed by atoms with van der Waals surface area (Å²) in [5.41, 5.74) is 2.81. The van der Waals surface area contributed by atoms with E-state index in [1.54, 1.807) is 4.90 Å². The molecule has 0 heterocycles. The van der Waals surface area contributed by atoms with Crippen LogP contribution in [0, 0.1) is 0 Å². The maximum absolute atomic E-state index is 13.9. The van der Waals surface area contributed by atoms with Gasteiger partial charge in [-0.15, -0.1) is 0 Å². The van der Waals surface area contributed by atoms with Gasteiger partial charge < -0.3 is 15.0 Å². The number of para-hydroxylation sites is 1. The van der Waals surface area contributed by atoms with Gasteiger partial charge in [0.05, 0.1) is 0 Å². The van der Waals surface area contributed by atoms with Crippen molar-refractivity contribution in [2.75, 3.05) is 6.61 Å². The summed E-state index contributed by atoms with van der Waals surface area (Å²) in [6.45, 7) is 10.5. The van der Waals surface area contributed by atoms with Crippen LogP contribution in [0.3, 0.4) is 0 Å². The molecule has 1 N–H and O–H groups in total. The molecule has 202 valence electrons. The molecule has 2 atom stereocenters. The van der Waals surface area contributed by atoms with Crippen molar-refractivity contribution in [2.24, 2.45) is 0 Å². The van der Waals surface area contributed by atoms with Crippen LogP contribution in [-0.2, 0) is 28.0 Å². The minimum atomic E-state index is -0.695. The predicted octanol–water partition coefficient (Wildman–Crippen LogP) is 6.68. The molecule has 3 rings (SSSR count). The molecule has 3 aromatic rings. The molecular weight excluding hydrogens is 540 g/mol. The van der Waals surface area contributed by atoms with Crippen LogP contribution in [0.4, 0.5) is 0 Å². The van der Waals surface area contributed by atoms with Crippen molar-refractivity contribution >= 4 is 27.7 Å². The largest absolute Gasteiger partial charge is 0.483 e. The van der Waals surface area contributed by atoms with Crippen LogP contribution in [0.5, 0.6) is 5.75 Å². The minimum Gasteiger partial charge on any atom is -0.483 e. The van der Waals surface area contributed by atoms with Crippen LogP contribution < -0.4 is 10.1 Å². The van der Waals surface area contributed by atoms with E-state index in [9.17, 15) is 9.59 Å². The molecule has 0 bridgehead atoms. The molecule has 0 fully saturated rings. The van der Waals surface area contributed by atoms with Gasteiger partial charge in [0.25, 0.3) is 5.91 Å². The molecule has 0 aliphatic rings. The number of halogens is 1. The van der Waals surface area contributed by atoms with Gasteiger partial charge in [-0.1, -0.05) is 104 Å². The molecular formula is C32H39BrN2O3. The number of rotatable bonds is 11. The van der Waals surface area contributed by atoms with E-state index >= 15 is 0 Å². The van der Waals surface area contributed by atoms with Crippen molar-refractivity contribution in [3.8, 4) is 5.75 Å². The first-order valence-corrected chi connectivity index (χ1v) is 14.0. The third-order valence-corrected chi connectivity index (χ3v) is 7.05. The third-order valence-electron chi connectivity index (χ3n) is 6.56. The normalized spacial score (nSPS) is 12.9. The Balaban J connectivity index is 1.95. The Hall–Kier alpha value is -3.12. The smallest absolute Gasteiger partial charge is 0.261 e. The van der Waals surface area contributed by atoms with E-state index in [0.29, 0.717) is 12.2 Å². The summed E-state index contributed by atoms with van der Waals surface area (Å²) in [4.78, 5) is 29.2. The molecule has 0 saturated heterocycles. The van der Waals surface area contributed by atoms with E-state index < -0.39 is 6.04 Å². The van der Waals surface area contributed by atoms with Crippen molar-refractivity contribution in [3.05, 3.63) is 100 Å². The Labute approximate surface area is 235 Å². The first-order valence-electron chi connectivity index (χ1n) is 13.2. The Morgan fingerprint density at radius 1 is 0.947 bits per heavy atom. The highest BCUT2D eigenvalue weighted by Gasteiger charge is 2.31. The molecule has 0 aromatic heterocycles. The van der Waals surface area contributed by atoms with Gasteiger partial charge in [0.1, 0.15) is 11.8 Å². The second kappa shape index (κ2) is 13.6. The fourth-order valence-corrected chi connectivity index (χ4v) is 4.71. The van der Waals surface area contributed by atoms with Gasteiger partial charge in [0, 0.05) is 23.5 Å². The zero-order chi connectivity index (χ0) is 27.7. The lowest BCUT2D eigenvalue weighted by atomic mass is 9.86. The molecule has 0 aliphatic heterocycles. The summed E-state index contributed by atoms with van der Waals surface area (Å²) in [6.07, 6.45) is 1.21. The highest BCUT2D eigenvalue weighted by molar-refractivity contribution is 9.10. The van der Waals surface area contributed by atoms with Crippen LogP contribution in [0.15, 0.2) is 83.3 Å². The molecule has 2 amide bonds. The number of amides is 2. The minimum absolute atomic E-state index is 0.00138. The van der Waals surface area contributed by atoms with Gasteiger partial charge in [0.15, 0.2) is 6.61 Å². The van der Waals surface area contributed by atoms with Gasteiger partial charge in [0.2, 0.25) is 5.91 Å². The fourth-order valence-electron chi connectivity index (χ4n) is 4.26. The average molecular weight is 580 g/mol. The summed E-state index contributed by atoms with van der Waals surface area (Å²) >= 11 is 3.53. The van der Waals surface area contributed by atoms with Crippen molar-refractivity contribution < 1.29 is 14.3 Å². The summed E-state index contributed by atoms with van der Waals surface area (Å²) in [5.74, 6) is 0.273. The van der Waals surface area contributed by atoms with Gasteiger partial charge in [-0.05, 0) is 53.6 Å². The molecule has 38 heavy (non-hydrogen) atoms. The van der Waals surface area contributed by atoms with E-state index in [4.69, 9.17) is 4.74 Å². The Kier molecular flexibility index (Phi) is 10.5. The van der Waals surface area contributed by atoms with Crippen molar-refractivity contribution in [2.45, 2.75) is 71.5 Å². The number of carbonyl (C=O) groups is 2. The number of benzene rings is 3. The number of ether oxygens (including phenoxy) is 1. The number of hydrogen-bond acceptors (Lipinski definition) is 3. The monoisotopic (exact) mass is 578 g/mol. The number of nitrogens with one attached hydrogen (secondary N) is 1. The van der Waals surface area contributed by atoms with Crippen LogP contribution in [0.2, 0.25) is 0 Å². The Bertz CT molecular complexity index is 1210. The van der Waals surface area contributed by atoms with Gasteiger partial charge in [-0.3, -0.25) is 9.59 Å². The predicted molar refractivity (Wildman–Crippen MR) is 157 cm³/mol. The van der Waals surface area contributed by atoms with Crippen LogP contribution in [0.25, 0.3) is 0 Å². The SMILES string of the molecule is CC[C@@H](C)NC(=O)[C@H](Cc1ccccc1)N(Cc1cccc(Br)c1)C(=O)COc1ccccc1C(C)(C)C. The number of hydrogen-bond donors (Lipinski definition) is 1. The van der Waals surface area contributed by atoms with E-state index in [1.807, 2.05) is 92.7 Å². The van der Waals surface area contributed by atoms with Crippen LogP contribution in [-0.4, -0.2) is 35.4 Å². The molecule has 3 aromatic carbocycles. The lowest BCUT2D eigenvalue weighted by Gasteiger charge is -2.32. The zero-order valence-electron chi connectivity index (χ0n) is 23.0. The molecule has 0 unspecified atom stereocenters. The lowest BCUT2D eigenvalue weighted by molar-refractivity contribution is -0.143. The first-order chi connectivity index (χ1) is 18.1.